The summed E-state index contributed by atoms with van der Waals surface area (Å²) < 4.78 is 36.9. The van der Waals surface area contributed by atoms with Crippen LogP contribution in [0.4, 0.5) is 0 Å². The van der Waals surface area contributed by atoms with Gasteiger partial charge in [-0.25, -0.2) is 9.59 Å². The number of hydrogen-bond donors (Lipinski definition) is 1. The fourth-order valence-electron chi connectivity index (χ4n) is 1.93. The van der Waals surface area contributed by atoms with Gasteiger partial charge in [0, 0.05) is 5.02 Å². The molecule has 2 aromatic carbocycles. The fraction of sp³-hybridized carbons (Fsp3) is 0.0667. The quantitative estimate of drug-likeness (QED) is 0.517. The van der Waals surface area contributed by atoms with Gasteiger partial charge in [-0.05, 0) is 36.8 Å². The molecule has 23 heavy (non-hydrogen) atoms. The van der Waals surface area contributed by atoms with Crippen LogP contribution in [0.25, 0.3) is 0 Å². The lowest BCUT2D eigenvalue weighted by molar-refractivity contribution is 0.0394. The Morgan fingerprint density at radius 2 is 1.65 bits per heavy atom. The number of benzene rings is 2. The summed E-state index contributed by atoms with van der Waals surface area (Å²) in [6, 6.07) is 10.1. The fourth-order valence-corrected chi connectivity index (χ4v) is 3.07. The molecule has 120 valence electrons. The lowest BCUT2D eigenvalue weighted by Gasteiger charge is -2.10. The Balaban J connectivity index is 2.41. The maximum Gasteiger partial charge on any atom is 0.347 e. The third-order valence-corrected chi connectivity index (χ3v) is 4.46. The summed E-state index contributed by atoms with van der Waals surface area (Å²) in [7, 11) is -4.73. The monoisotopic (exact) mass is 354 g/mol. The summed E-state index contributed by atoms with van der Waals surface area (Å²) in [5.41, 5.74) is -0.366. The lowest BCUT2D eigenvalue weighted by Crippen LogP contribution is -2.17. The topological polar surface area (TPSA) is 97.7 Å². The van der Waals surface area contributed by atoms with Gasteiger partial charge in [0.1, 0.15) is 4.90 Å². The van der Waals surface area contributed by atoms with Crippen LogP contribution < -0.4 is 0 Å². The third-order valence-electron chi connectivity index (χ3n) is 3.01. The Hall–Kier alpha value is -2.22. The number of ether oxygens (including phenoxy) is 1. The van der Waals surface area contributed by atoms with Crippen molar-refractivity contribution in [3.8, 4) is 0 Å². The van der Waals surface area contributed by atoms with Crippen LogP contribution in [0.5, 0.6) is 0 Å². The highest BCUT2D eigenvalue weighted by Crippen LogP contribution is 2.27. The molecule has 6 nitrogen and oxygen atoms in total. The van der Waals surface area contributed by atoms with Crippen molar-refractivity contribution in [2.24, 2.45) is 0 Å². The van der Waals surface area contributed by atoms with Crippen LogP contribution in [0, 0.1) is 6.92 Å². The van der Waals surface area contributed by atoms with E-state index in [2.05, 4.69) is 4.74 Å². The Bertz CT molecular complexity index is 874. The Morgan fingerprint density at radius 3 is 2.22 bits per heavy atom. The first kappa shape index (κ1) is 17.1. The molecule has 0 spiro atoms. The summed E-state index contributed by atoms with van der Waals surface area (Å²) in [5, 5.41) is 0.0450. The minimum Gasteiger partial charge on any atom is -0.386 e. The van der Waals surface area contributed by atoms with E-state index in [0.717, 1.165) is 6.07 Å². The Kier molecular flexibility index (Phi) is 4.84. The van der Waals surface area contributed by atoms with Crippen molar-refractivity contribution in [3.05, 3.63) is 64.2 Å². The first-order valence-corrected chi connectivity index (χ1v) is 8.11. The molecule has 0 heterocycles. The van der Waals surface area contributed by atoms with Gasteiger partial charge < -0.3 is 4.74 Å². The molecule has 0 radical (unpaired) electrons. The predicted molar refractivity (Wildman–Crippen MR) is 82.2 cm³/mol. The highest BCUT2D eigenvalue weighted by molar-refractivity contribution is 7.86. The molecule has 1 N–H and O–H groups in total. The molecule has 0 saturated heterocycles. The first-order chi connectivity index (χ1) is 10.7. The second kappa shape index (κ2) is 6.49. The molecule has 0 fully saturated rings. The summed E-state index contributed by atoms with van der Waals surface area (Å²) in [4.78, 5) is 23.3. The lowest BCUT2D eigenvalue weighted by atomic mass is 10.1. The second-order valence-electron chi connectivity index (χ2n) is 4.57. The van der Waals surface area contributed by atoms with E-state index < -0.39 is 32.5 Å². The zero-order chi connectivity index (χ0) is 17.2. The first-order valence-electron chi connectivity index (χ1n) is 6.30. The van der Waals surface area contributed by atoms with Crippen LogP contribution in [-0.2, 0) is 14.9 Å². The second-order valence-corrected chi connectivity index (χ2v) is 6.33. The maximum absolute atomic E-state index is 12.1. The maximum atomic E-state index is 12.1. The molecule has 2 aromatic rings. The number of rotatable bonds is 3. The molecule has 0 unspecified atom stereocenters. The number of carbonyl (C=O) groups excluding carboxylic acids is 2. The van der Waals surface area contributed by atoms with E-state index in [1.807, 2.05) is 0 Å². The molecular formula is C15H11ClO6S. The van der Waals surface area contributed by atoms with E-state index >= 15 is 0 Å². The summed E-state index contributed by atoms with van der Waals surface area (Å²) >= 11 is 5.80. The zero-order valence-electron chi connectivity index (χ0n) is 11.8. The molecule has 0 aliphatic rings. The van der Waals surface area contributed by atoms with E-state index in [9.17, 15) is 22.6 Å². The van der Waals surface area contributed by atoms with E-state index in [-0.39, 0.29) is 16.1 Å². The molecular weight excluding hydrogens is 344 g/mol. The van der Waals surface area contributed by atoms with Crippen LogP contribution in [0.1, 0.15) is 26.3 Å². The summed E-state index contributed by atoms with van der Waals surface area (Å²) in [5.74, 6) is -2.14. The highest BCUT2D eigenvalue weighted by atomic mass is 35.5. The standard InChI is InChI=1S/C15H11ClO6S/c1-9-12(16)8-7-11(13(9)23(19,20)21)15(18)22-14(17)10-5-3-2-4-6-10/h2-8H,1H3,(H,19,20,21). The van der Waals surface area contributed by atoms with Crippen LogP contribution >= 0.6 is 11.6 Å². The number of carbonyl (C=O) groups is 2. The average Bonchev–Trinajstić information content (AvgIpc) is 2.49. The minimum atomic E-state index is -4.73. The molecule has 0 aromatic heterocycles. The Morgan fingerprint density at radius 1 is 1.04 bits per heavy atom. The van der Waals surface area contributed by atoms with Gasteiger partial charge >= 0.3 is 11.9 Å². The molecule has 0 saturated carbocycles. The smallest absolute Gasteiger partial charge is 0.347 e. The largest absolute Gasteiger partial charge is 0.386 e. The van der Waals surface area contributed by atoms with Gasteiger partial charge in [-0.2, -0.15) is 8.42 Å². The van der Waals surface area contributed by atoms with Gasteiger partial charge in [0.2, 0.25) is 0 Å². The van der Waals surface area contributed by atoms with Gasteiger partial charge in [0.25, 0.3) is 10.1 Å². The normalized spacial score (nSPS) is 11.1. The highest BCUT2D eigenvalue weighted by Gasteiger charge is 2.27. The van der Waals surface area contributed by atoms with Gasteiger partial charge in [0.15, 0.2) is 0 Å². The van der Waals surface area contributed by atoms with Gasteiger partial charge in [0.05, 0.1) is 11.1 Å². The number of esters is 2. The average molecular weight is 355 g/mol. The van der Waals surface area contributed by atoms with E-state index in [1.165, 1.54) is 25.1 Å². The van der Waals surface area contributed by atoms with Crippen molar-refractivity contribution in [1.29, 1.82) is 0 Å². The molecule has 0 atom stereocenters. The van der Waals surface area contributed by atoms with Gasteiger partial charge in [-0.15, -0.1) is 0 Å². The summed E-state index contributed by atoms with van der Waals surface area (Å²) in [6.45, 7) is 1.32. The van der Waals surface area contributed by atoms with Gasteiger partial charge in [-0.1, -0.05) is 29.8 Å². The number of halogens is 1. The van der Waals surface area contributed by atoms with Crippen LogP contribution in [0.15, 0.2) is 47.4 Å². The SMILES string of the molecule is Cc1c(Cl)ccc(C(=O)OC(=O)c2ccccc2)c1S(=O)(=O)O. The van der Waals surface area contributed by atoms with Crippen molar-refractivity contribution in [2.75, 3.05) is 0 Å². The van der Waals surface area contributed by atoms with Crippen LogP contribution in [-0.4, -0.2) is 24.9 Å². The van der Waals surface area contributed by atoms with E-state index in [4.69, 9.17) is 11.6 Å². The van der Waals surface area contributed by atoms with Gasteiger partial charge in [-0.3, -0.25) is 4.55 Å². The Labute approximate surface area is 137 Å². The zero-order valence-corrected chi connectivity index (χ0v) is 13.4. The summed E-state index contributed by atoms with van der Waals surface area (Å²) in [6.07, 6.45) is 0. The predicted octanol–water partition coefficient (Wildman–Crippen LogP) is 2.89. The molecule has 8 heteroatoms. The van der Waals surface area contributed by atoms with Crippen LogP contribution in [0.2, 0.25) is 5.02 Å². The van der Waals surface area contributed by atoms with Crippen molar-refractivity contribution in [1.82, 2.24) is 0 Å². The van der Waals surface area contributed by atoms with Crippen molar-refractivity contribution in [3.63, 3.8) is 0 Å². The number of hydrogen-bond acceptors (Lipinski definition) is 5. The molecule has 0 amide bonds. The molecule has 0 aliphatic heterocycles. The molecule has 0 bridgehead atoms. The molecule has 0 aliphatic carbocycles. The van der Waals surface area contributed by atoms with E-state index in [0.29, 0.717) is 0 Å². The van der Waals surface area contributed by atoms with Crippen molar-refractivity contribution < 1.29 is 27.3 Å². The minimum absolute atomic E-state index is 0.0178. The third kappa shape index (κ3) is 3.76. The molecule has 2 rings (SSSR count). The van der Waals surface area contributed by atoms with Crippen LogP contribution in [0.3, 0.4) is 0 Å². The van der Waals surface area contributed by atoms with Crippen molar-refractivity contribution in [2.45, 2.75) is 11.8 Å². The van der Waals surface area contributed by atoms with E-state index in [1.54, 1.807) is 18.2 Å². The van der Waals surface area contributed by atoms with Crippen molar-refractivity contribution >= 4 is 33.7 Å².